The average Bonchev–Trinajstić information content (AvgIpc) is 3.45. The van der Waals surface area contributed by atoms with Crippen LogP contribution in [0.4, 0.5) is 11.5 Å². The predicted molar refractivity (Wildman–Crippen MR) is 121 cm³/mol. The fourth-order valence-electron chi connectivity index (χ4n) is 4.53. The van der Waals surface area contributed by atoms with Gasteiger partial charge in [-0.15, -0.1) is 0 Å². The van der Waals surface area contributed by atoms with Crippen molar-refractivity contribution in [2.45, 2.75) is 55.2 Å². The van der Waals surface area contributed by atoms with Gasteiger partial charge in [0.05, 0.1) is 33.7 Å². The monoisotopic (exact) mass is 439 g/mol. The van der Waals surface area contributed by atoms with Crippen LogP contribution in [0.1, 0.15) is 44.7 Å². The van der Waals surface area contributed by atoms with Gasteiger partial charge in [-0.05, 0) is 68.9 Å². The molecule has 0 bridgehead atoms. The molecule has 0 saturated heterocycles. The van der Waals surface area contributed by atoms with E-state index in [1.165, 1.54) is 0 Å². The minimum absolute atomic E-state index is 0.0568. The van der Waals surface area contributed by atoms with Gasteiger partial charge in [0.25, 0.3) is 5.56 Å². The minimum Gasteiger partial charge on any atom is -0.338 e. The molecule has 0 spiro atoms. The van der Waals surface area contributed by atoms with Crippen molar-refractivity contribution in [2.24, 2.45) is 5.92 Å². The number of benzene rings is 1. The predicted octanol–water partition coefficient (Wildman–Crippen LogP) is 4.78. The Balaban J connectivity index is 1.57. The molecule has 5 rings (SSSR count). The molecule has 31 heavy (non-hydrogen) atoms. The Morgan fingerprint density at radius 3 is 2.87 bits per heavy atom. The summed E-state index contributed by atoms with van der Waals surface area (Å²) in [5, 5.41) is 17.7. The summed E-state index contributed by atoms with van der Waals surface area (Å²) in [7, 11) is -2.86. The molecule has 0 unspecified atom stereocenters. The van der Waals surface area contributed by atoms with Crippen LogP contribution in [0.3, 0.4) is 0 Å². The van der Waals surface area contributed by atoms with Gasteiger partial charge in [0, 0.05) is 11.9 Å². The molecule has 1 saturated carbocycles. The molecule has 0 radical (unpaired) electrons. The summed E-state index contributed by atoms with van der Waals surface area (Å²) < 4.78 is 22.5. The van der Waals surface area contributed by atoms with Crippen LogP contribution in [0, 0.1) is 17.2 Å². The molecule has 4 N–H and O–H groups in total. The number of nitrogens with one attached hydrogen (secondary N) is 2. The summed E-state index contributed by atoms with van der Waals surface area (Å²) in [5.74, 6) is 0.839. The van der Waals surface area contributed by atoms with Crippen LogP contribution in [0.15, 0.2) is 40.2 Å². The molecule has 2 aromatic heterocycles. The Labute approximate surface area is 181 Å². The van der Waals surface area contributed by atoms with Gasteiger partial charge in [-0.1, -0.05) is 0 Å². The second kappa shape index (κ2) is 6.85. The Bertz CT molecular complexity index is 1280. The first kappa shape index (κ1) is 20.1. The molecule has 3 aromatic rings. The Morgan fingerprint density at radius 1 is 1.39 bits per heavy atom. The SMILES string of the molecule is CC1(C)Cc2cc(Nc3nn([C@@H](CC#N)C4CC4)c4cc[nH]c(=O)c34)ccc2S1(O)O. The Hall–Kier alpha value is -2.80. The number of anilines is 2. The van der Waals surface area contributed by atoms with Crippen LogP contribution in [0.25, 0.3) is 10.9 Å². The van der Waals surface area contributed by atoms with Crippen LogP contribution in [-0.4, -0.2) is 28.6 Å². The molecule has 1 aromatic carbocycles. The lowest BCUT2D eigenvalue weighted by molar-refractivity contribution is 0.426. The fraction of sp³-hybridized carbons (Fsp3) is 0.409. The van der Waals surface area contributed by atoms with E-state index in [0.29, 0.717) is 40.4 Å². The summed E-state index contributed by atoms with van der Waals surface area (Å²) in [6.45, 7) is 3.72. The highest BCUT2D eigenvalue weighted by molar-refractivity contribution is 8.25. The first-order chi connectivity index (χ1) is 14.7. The topological polar surface area (TPSA) is 127 Å². The van der Waals surface area contributed by atoms with Crippen molar-refractivity contribution in [1.29, 1.82) is 5.26 Å². The van der Waals surface area contributed by atoms with Gasteiger partial charge in [0.1, 0.15) is 5.39 Å². The van der Waals surface area contributed by atoms with Crippen molar-refractivity contribution in [3.05, 3.63) is 46.4 Å². The Morgan fingerprint density at radius 2 is 2.16 bits per heavy atom. The second-order valence-electron chi connectivity index (χ2n) is 9.06. The maximum absolute atomic E-state index is 12.6. The molecule has 1 fully saturated rings. The quantitative estimate of drug-likeness (QED) is 0.453. The van der Waals surface area contributed by atoms with Crippen LogP contribution < -0.4 is 10.9 Å². The van der Waals surface area contributed by atoms with E-state index >= 15 is 0 Å². The van der Waals surface area contributed by atoms with Crippen molar-refractivity contribution in [2.75, 3.05) is 5.32 Å². The van der Waals surface area contributed by atoms with Crippen LogP contribution in [0.2, 0.25) is 0 Å². The minimum atomic E-state index is -2.86. The molecule has 1 aliphatic carbocycles. The summed E-state index contributed by atoms with van der Waals surface area (Å²) >= 11 is 0. The maximum Gasteiger partial charge on any atom is 0.261 e. The summed E-state index contributed by atoms with van der Waals surface area (Å²) in [4.78, 5) is 15.9. The molecule has 0 amide bonds. The van der Waals surface area contributed by atoms with Gasteiger partial charge >= 0.3 is 0 Å². The Kier molecular flexibility index (Phi) is 4.45. The van der Waals surface area contributed by atoms with Crippen LogP contribution in [0.5, 0.6) is 0 Å². The third kappa shape index (κ3) is 3.14. The van der Waals surface area contributed by atoms with E-state index < -0.39 is 15.3 Å². The zero-order valence-electron chi connectivity index (χ0n) is 17.4. The number of H-pyrrole nitrogens is 1. The lowest BCUT2D eigenvalue weighted by Crippen LogP contribution is -2.24. The van der Waals surface area contributed by atoms with Gasteiger partial charge in [0.15, 0.2) is 5.82 Å². The highest BCUT2D eigenvalue weighted by Gasteiger charge is 2.43. The number of aromatic nitrogens is 3. The highest BCUT2D eigenvalue weighted by Crippen LogP contribution is 2.66. The molecule has 1 aliphatic heterocycles. The highest BCUT2D eigenvalue weighted by atomic mass is 32.3. The largest absolute Gasteiger partial charge is 0.338 e. The number of nitrogens with zero attached hydrogens (tertiary/aromatic N) is 3. The molecule has 2 aliphatic rings. The van der Waals surface area contributed by atoms with Gasteiger partial charge in [-0.25, -0.2) is 0 Å². The molecular formula is C22H25N5O3S. The number of rotatable bonds is 5. The number of hydrogen-bond donors (Lipinski definition) is 4. The molecular weight excluding hydrogens is 414 g/mol. The van der Waals surface area contributed by atoms with E-state index in [9.17, 15) is 19.2 Å². The lowest BCUT2D eigenvalue weighted by Gasteiger charge is -2.41. The lowest BCUT2D eigenvalue weighted by atomic mass is 10.0. The van der Waals surface area contributed by atoms with E-state index in [-0.39, 0.29) is 11.6 Å². The van der Waals surface area contributed by atoms with Crippen LogP contribution >= 0.6 is 10.6 Å². The molecule has 9 heteroatoms. The first-order valence-electron chi connectivity index (χ1n) is 10.4. The van der Waals surface area contributed by atoms with Gasteiger partial charge in [-0.2, -0.15) is 21.0 Å². The van der Waals surface area contributed by atoms with E-state index in [1.54, 1.807) is 18.3 Å². The average molecular weight is 440 g/mol. The first-order valence-corrected chi connectivity index (χ1v) is 11.9. The van der Waals surface area contributed by atoms with Gasteiger partial charge in [0.2, 0.25) is 0 Å². The van der Waals surface area contributed by atoms with Crippen molar-refractivity contribution in [1.82, 2.24) is 14.8 Å². The van der Waals surface area contributed by atoms with Crippen molar-refractivity contribution < 1.29 is 9.11 Å². The molecule has 8 nitrogen and oxygen atoms in total. The fourth-order valence-corrected chi connectivity index (χ4v) is 6.24. The summed E-state index contributed by atoms with van der Waals surface area (Å²) in [6, 6.07) is 9.44. The number of hydrogen-bond acceptors (Lipinski definition) is 6. The van der Waals surface area contributed by atoms with E-state index in [0.717, 1.165) is 24.1 Å². The number of pyridine rings is 1. The normalized spacial score (nSPS) is 20.7. The zero-order valence-corrected chi connectivity index (χ0v) is 18.2. The summed E-state index contributed by atoms with van der Waals surface area (Å²) in [6.07, 6.45) is 4.63. The third-order valence-electron chi connectivity index (χ3n) is 6.43. The summed E-state index contributed by atoms with van der Waals surface area (Å²) in [5.41, 5.74) is 2.07. The second-order valence-corrected chi connectivity index (χ2v) is 11.7. The smallest absolute Gasteiger partial charge is 0.261 e. The van der Waals surface area contributed by atoms with Crippen molar-refractivity contribution in [3.63, 3.8) is 0 Å². The van der Waals surface area contributed by atoms with Crippen molar-refractivity contribution in [3.8, 4) is 6.07 Å². The number of fused-ring (bicyclic) bond motifs is 2. The van der Waals surface area contributed by atoms with Crippen LogP contribution in [-0.2, 0) is 6.42 Å². The van der Waals surface area contributed by atoms with Gasteiger partial charge in [-0.3, -0.25) is 18.6 Å². The van der Waals surface area contributed by atoms with E-state index in [1.807, 2.05) is 30.7 Å². The third-order valence-corrected chi connectivity index (χ3v) is 9.12. The standard InChI is InChI=1S/C22H25N5O3S/c1-22(2)12-14-11-15(5-6-18(14)31(22,29)30)25-20-19-17(8-10-24-21(19)28)27(26-20)16(7-9-23)13-3-4-13/h5-6,8,10-11,13,16,29-30H,3-4,7,12H2,1-2H3,(H,24,28)(H,25,26)/t16-/m0/s1. The van der Waals surface area contributed by atoms with Gasteiger partial charge < -0.3 is 10.3 Å². The molecule has 1 atom stereocenters. The number of aromatic amines is 1. The zero-order chi connectivity index (χ0) is 22.0. The molecule has 3 heterocycles. The maximum atomic E-state index is 12.6. The molecule has 162 valence electrons. The van der Waals surface area contributed by atoms with E-state index in [2.05, 4.69) is 16.4 Å². The van der Waals surface area contributed by atoms with E-state index in [4.69, 9.17) is 5.10 Å². The van der Waals surface area contributed by atoms with Crippen molar-refractivity contribution >= 4 is 33.0 Å². The number of nitriles is 1.